The molecule has 2 saturated carbocycles. The van der Waals surface area contributed by atoms with Gasteiger partial charge in [0.05, 0.1) is 12.2 Å². The molecule has 0 bridgehead atoms. The molecule has 0 aliphatic heterocycles. The van der Waals surface area contributed by atoms with Gasteiger partial charge >= 0.3 is 0 Å². The van der Waals surface area contributed by atoms with Crippen LogP contribution in [0, 0.1) is 0 Å². The van der Waals surface area contributed by atoms with Gasteiger partial charge in [0.15, 0.2) is 0 Å². The Kier molecular flexibility index (Phi) is 6.13. The van der Waals surface area contributed by atoms with Crippen molar-refractivity contribution < 1.29 is 10.2 Å². The van der Waals surface area contributed by atoms with Gasteiger partial charge in [-0.25, -0.2) is 0 Å². The van der Waals surface area contributed by atoms with Crippen molar-refractivity contribution in [3.8, 4) is 0 Å². The molecule has 156 valence electrons. The van der Waals surface area contributed by atoms with Crippen molar-refractivity contribution in [1.29, 1.82) is 0 Å². The summed E-state index contributed by atoms with van der Waals surface area (Å²) in [6.07, 6.45) is 7.75. The van der Waals surface area contributed by atoms with Crippen LogP contribution in [0.5, 0.6) is 0 Å². The first-order chi connectivity index (χ1) is 14.0. The van der Waals surface area contributed by atoms with Gasteiger partial charge in [-0.15, -0.1) is 0 Å². The van der Waals surface area contributed by atoms with Crippen LogP contribution in [0.3, 0.4) is 0 Å². The second-order valence-corrected chi connectivity index (χ2v) is 9.81. The third-order valence-corrected chi connectivity index (χ3v) is 7.54. The molecule has 0 heterocycles. The molecule has 2 N–H and O–H groups in total. The van der Waals surface area contributed by atoms with E-state index in [-0.39, 0.29) is 17.6 Å². The maximum absolute atomic E-state index is 9.96. The largest absolute Gasteiger partial charge is 0.393 e. The van der Waals surface area contributed by atoms with Gasteiger partial charge in [0.25, 0.3) is 0 Å². The Morgan fingerprint density at radius 3 is 1.31 bits per heavy atom. The lowest BCUT2D eigenvalue weighted by Gasteiger charge is -2.36. The predicted molar refractivity (Wildman–Crippen MR) is 119 cm³/mol. The van der Waals surface area contributed by atoms with E-state index in [1.807, 2.05) is 0 Å². The van der Waals surface area contributed by atoms with Crippen LogP contribution in [-0.4, -0.2) is 22.4 Å². The van der Waals surface area contributed by atoms with E-state index in [2.05, 4.69) is 62.4 Å². The molecule has 2 fully saturated rings. The molecule has 2 aromatic rings. The summed E-state index contributed by atoms with van der Waals surface area (Å²) in [5, 5.41) is 19.9. The number of hydrogen-bond acceptors (Lipinski definition) is 2. The van der Waals surface area contributed by atoms with Gasteiger partial charge in [0, 0.05) is 5.41 Å². The van der Waals surface area contributed by atoms with Crippen molar-refractivity contribution in [1.82, 2.24) is 0 Å². The smallest absolute Gasteiger partial charge is 0.0540 e. The summed E-state index contributed by atoms with van der Waals surface area (Å²) in [4.78, 5) is 0. The summed E-state index contributed by atoms with van der Waals surface area (Å²) in [7, 11) is 0. The first-order valence-electron chi connectivity index (χ1n) is 11.5. The van der Waals surface area contributed by atoms with Crippen molar-refractivity contribution in [2.75, 3.05) is 0 Å². The van der Waals surface area contributed by atoms with E-state index in [0.717, 1.165) is 51.4 Å². The van der Waals surface area contributed by atoms with Crippen LogP contribution in [0.15, 0.2) is 48.5 Å². The second-order valence-electron chi connectivity index (χ2n) is 9.81. The van der Waals surface area contributed by atoms with Gasteiger partial charge in [-0.1, -0.05) is 62.4 Å². The summed E-state index contributed by atoms with van der Waals surface area (Å²) >= 11 is 0. The summed E-state index contributed by atoms with van der Waals surface area (Å²) < 4.78 is 0. The number of hydrogen-bond donors (Lipinski definition) is 2. The molecule has 2 heteroatoms. The van der Waals surface area contributed by atoms with E-state index in [4.69, 9.17) is 0 Å². The molecule has 0 aromatic heterocycles. The quantitative estimate of drug-likeness (QED) is 0.665. The molecule has 0 radical (unpaired) electrons. The fraction of sp³-hybridized carbons (Fsp3) is 0.556. The molecule has 0 saturated heterocycles. The van der Waals surface area contributed by atoms with Gasteiger partial charge < -0.3 is 10.2 Å². The first-order valence-corrected chi connectivity index (χ1v) is 11.5. The minimum atomic E-state index is -0.117. The van der Waals surface area contributed by atoms with Crippen molar-refractivity contribution in [2.45, 2.75) is 94.7 Å². The summed E-state index contributed by atoms with van der Waals surface area (Å²) in [5.74, 6) is 1.09. The zero-order valence-electron chi connectivity index (χ0n) is 18.0. The Hall–Kier alpha value is -1.64. The molecule has 2 aliphatic carbocycles. The minimum Gasteiger partial charge on any atom is -0.393 e. The zero-order chi connectivity index (χ0) is 20.4. The fourth-order valence-corrected chi connectivity index (χ4v) is 5.76. The van der Waals surface area contributed by atoms with Crippen molar-refractivity contribution in [2.24, 2.45) is 0 Å². The SMILES string of the molecule is CC(C)(c1ccccc1C1CCC(O)CC1)c1ccccc1C1CCC(O)CC1. The highest BCUT2D eigenvalue weighted by atomic mass is 16.3. The fourth-order valence-electron chi connectivity index (χ4n) is 5.76. The third kappa shape index (κ3) is 4.29. The Bertz CT molecular complexity index is 741. The van der Waals surface area contributed by atoms with E-state index in [0.29, 0.717) is 11.8 Å². The number of aliphatic hydroxyl groups is 2. The van der Waals surface area contributed by atoms with Crippen LogP contribution in [0.1, 0.15) is 99.3 Å². The van der Waals surface area contributed by atoms with Gasteiger partial charge in [0.1, 0.15) is 0 Å². The summed E-state index contributed by atoms with van der Waals surface area (Å²) in [6.45, 7) is 4.75. The third-order valence-electron chi connectivity index (χ3n) is 7.54. The van der Waals surface area contributed by atoms with Crippen LogP contribution in [0.25, 0.3) is 0 Å². The monoisotopic (exact) mass is 392 g/mol. The lowest BCUT2D eigenvalue weighted by molar-refractivity contribution is 0.122. The molecule has 2 aliphatic rings. The van der Waals surface area contributed by atoms with Crippen LogP contribution in [0.4, 0.5) is 0 Å². The zero-order valence-corrected chi connectivity index (χ0v) is 18.0. The molecule has 29 heavy (non-hydrogen) atoms. The number of rotatable bonds is 4. The summed E-state index contributed by atoms with van der Waals surface area (Å²) in [5.41, 5.74) is 5.74. The van der Waals surface area contributed by atoms with Crippen molar-refractivity contribution >= 4 is 0 Å². The van der Waals surface area contributed by atoms with E-state index in [1.54, 1.807) is 0 Å². The normalized spacial score (nSPS) is 28.3. The molecule has 2 nitrogen and oxygen atoms in total. The Labute approximate surface area is 176 Å². The lowest BCUT2D eigenvalue weighted by Crippen LogP contribution is -2.27. The molecular weight excluding hydrogens is 356 g/mol. The van der Waals surface area contributed by atoms with Crippen LogP contribution >= 0.6 is 0 Å². The Morgan fingerprint density at radius 1 is 0.586 bits per heavy atom. The number of aliphatic hydroxyl groups excluding tert-OH is 2. The molecule has 0 atom stereocenters. The van der Waals surface area contributed by atoms with Gasteiger partial charge in [0.2, 0.25) is 0 Å². The van der Waals surface area contributed by atoms with E-state index < -0.39 is 0 Å². The van der Waals surface area contributed by atoms with Crippen LogP contribution in [-0.2, 0) is 5.41 Å². The van der Waals surface area contributed by atoms with E-state index in [1.165, 1.54) is 22.3 Å². The first kappa shape index (κ1) is 20.6. The van der Waals surface area contributed by atoms with E-state index >= 15 is 0 Å². The maximum Gasteiger partial charge on any atom is 0.0540 e. The van der Waals surface area contributed by atoms with Gasteiger partial charge in [-0.3, -0.25) is 0 Å². The van der Waals surface area contributed by atoms with Crippen LogP contribution in [0.2, 0.25) is 0 Å². The molecule has 2 aromatic carbocycles. The topological polar surface area (TPSA) is 40.5 Å². The molecule has 0 amide bonds. The molecule has 0 spiro atoms. The lowest BCUT2D eigenvalue weighted by atomic mass is 9.68. The number of benzene rings is 2. The Balaban J connectivity index is 1.70. The maximum atomic E-state index is 9.96. The minimum absolute atomic E-state index is 0.0701. The van der Waals surface area contributed by atoms with Crippen LogP contribution < -0.4 is 0 Å². The highest BCUT2D eigenvalue weighted by molar-refractivity contribution is 5.48. The average Bonchev–Trinajstić information content (AvgIpc) is 2.75. The summed E-state index contributed by atoms with van der Waals surface area (Å²) in [6, 6.07) is 18.0. The predicted octanol–water partition coefficient (Wildman–Crippen LogP) is 6.05. The Morgan fingerprint density at radius 2 is 0.931 bits per heavy atom. The second kappa shape index (κ2) is 8.62. The van der Waals surface area contributed by atoms with Gasteiger partial charge in [-0.05, 0) is 85.5 Å². The van der Waals surface area contributed by atoms with Gasteiger partial charge in [-0.2, -0.15) is 0 Å². The van der Waals surface area contributed by atoms with Crippen molar-refractivity contribution in [3.05, 3.63) is 70.8 Å². The van der Waals surface area contributed by atoms with Crippen molar-refractivity contribution in [3.63, 3.8) is 0 Å². The highest BCUT2D eigenvalue weighted by Crippen LogP contribution is 2.44. The molecule has 0 unspecified atom stereocenters. The standard InChI is InChI=1S/C27H36O2/c1-27(2,25-9-5-3-7-23(25)19-11-15-21(28)16-12-19)26-10-6-4-8-24(26)20-13-17-22(29)18-14-20/h3-10,19-22,28-29H,11-18H2,1-2H3. The van der Waals surface area contributed by atoms with E-state index in [9.17, 15) is 10.2 Å². The average molecular weight is 393 g/mol. The highest BCUT2D eigenvalue weighted by Gasteiger charge is 2.33. The molecular formula is C27H36O2. The molecule has 4 rings (SSSR count).